The van der Waals surface area contributed by atoms with E-state index in [2.05, 4.69) is 50.9 Å². The maximum Gasteiger partial charge on any atom is 2.00 e. The minimum Gasteiger partial charge on any atom is -1.00 e. The Balaban J connectivity index is 0.000000212. The van der Waals surface area contributed by atoms with Gasteiger partial charge < -0.3 is 59.9 Å². The molecule has 7 N–H and O–H groups in total. The van der Waals surface area contributed by atoms with Gasteiger partial charge in [0.15, 0.2) is 0 Å². The molecule has 9 rings (SSSR count). The Bertz CT molecular complexity index is 3270. The molecule has 21 heteroatoms. The molecule has 0 saturated heterocycles. The molecule has 0 aliphatic rings. The smallest absolute Gasteiger partial charge is 1.00 e. The molecule has 66 heavy (non-hydrogen) atoms. The van der Waals surface area contributed by atoms with Gasteiger partial charge in [-0.3, -0.25) is 14.4 Å². The van der Waals surface area contributed by atoms with Gasteiger partial charge in [0.25, 0.3) is 16.7 Å². The molecule has 0 saturated carbocycles. The largest absolute Gasteiger partial charge is 2.00 e. The molecular formula is C45H43BrClMgN9O9. The van der Waals surface area contributed by atoms with Gasteiger partial charge in [0.1, 0.15) is 16.6 Å². The van der Waals surface area contributed by atoms with E-state index in [4.69, 9.17) is 15.3 Å². The van der Waals surface area contributed by atoms with E-state index in [-0.39, 0.29) is 79.4 Å². The average molecular weight is 994 g/mol. The van der Waals surface area contributed by atoms with Crippen molar-refractivity contribution in [3.63, 3.8) is 0 Å². The monoisotopic (exact) mass is 991 g/mol. The fourth-order valence-electron chi connectivity index (χ4n) is 6.42. The number of rotatable bonds is 8. The van der Waals surface area contributed by atoms with E-state index in [0.717, 1.165) is 26.7 Å². The van der Waals surface area contributed by atoms with E-state index >= 15 is 0 Å². The molecule has 0 aliphatic carbocycles. The molecule has 0 aliphatic heterocycles. The van der Waals surface area contributed by atoms with Crippen LogP contribution in [0.5, 0.6) is 0 Å². The van der Waals surface area contributed by atoms with Crippen molar-refractivity contribution < 1.29 is 42.4 Å². The van der Waals surface area contributed by atoms with Crippen LogP contribution in [0.15, 0.2) is 128 Å². The normalized spacial score (nSPS) is 10.8. The number of carbonyl (C=O) groups is 1. The summed E-state index contributed by atoms with van der Waals surface area (Å²) in [6, 6.07) is 26.2. The molecule has 338 valence electrons. The Kier molecular flexibility index (Phi) is 17.7. The predicted molar refractivity (Wildman–Crippen MR) is 248 cm³/mol. The van der Waals surface area contributed by atoms with Crippen LogP contribution >= 0.6 is 15.9 Å². The topological polar surface area (TPSA) is 258 Å². The van der Waals surface area contributed by atoms with Crippen molar-refractivity contribution in [3.05, 3.63) is 181 Å². The summed E-state index contributed by atoms with van der Waals surface area (Å²) in [7, 11) is 1.32. The zero-order valence-electron chi connectivity index (χ0n) is 36.0. The number of ether oxygens (including phenoxy) is 1. The van der Waals surface area contributed by atoms with Gasteiger partial charge in [-0.15, -0.1) is 0 Å². The van der Waals surface area contributed by atoms with Crippen molar-refractivity contribution in [1.82, 2.24) is 43.8 Å². The minimum atomic E-state index is -0.909. The molecule has 9 aromatic rings. The molecule has 0 atom stereocenters. The van der Waals surface area contributed by atoms with Crippen LogP contribution in [0.25, 0.3) is 50.3 Å². The fraction of sp³-hybridized carbons (Fsp3) is 0.156. The van der Waals surface area contributed by atoms with Crippen LogP contribution in [-0.4, -0.2) is 100 Å². The number of hydrogen-bond acceptors (Lipinski definition) is 12. The molecule has 0 unspecified atom stereocenters. The summed E-state index contributed by atoms with van der Waals surface area (Å²) in [4.78, 5) is 55.9. The zero-order valence-corrected chi connectivity index (χ0v) is 39.7. The van der Waals surface area contributed by atoms with Crippen LogP contribution < -0.4 is 29.1 Å². The summed E-state index contributed by atoms with van der Waals surface area (Å²) in [6.07, 6.45) is 5.09. The molecule has 6 heterocycles. The molecule has 0 amide bonds. The number of aromatic amines is 3. The second kappa shape index (κ2) is 22.3. The van der Waals surface area contributed by atoms with Crippen LogP contribution in [0.1, 0.15) is 46.9 Å². The second-order valence-corrected chi connectivity index (χ2v) is 15.5. The van der Waals surface area contributed by atoms with Crippen LogP contribution in [0.3, 0.4) is 0 Å². The number of aliphatic hydroxyl groups excluding tert-OH is 3. The van der Waals surface area contributed by atoms with Gasteiger partial charge in [0.2, 0.25) is 0 Å². The number of fused-ring (bicyclic) bond motifs is 3. The van der Waals surface area contributed by atoms with Crippen molar-refractivity contribution in [1.29, 1.82) is 0 Å². The van der Waals surface area contributed by atoms with E-state index < -0.39 is 11.6 Å². The Hall–Kier alpha value is -6.23. The number of carbonyl (C=O) groups excluding carboxylic acids is 1. The molecule has 0 radical (unpaired) electrons. The van der Waals surface area contributed by atoms with Crippen LogP contribution in [0.2, 0.25) is 0 Å². The number of benzene rings is 3. The standard InChI is InChI=1S/C16H17N3O3.C15H13N3O4.C13H10BrN3O2.CH3.ClH.Mg/c1-16(2,22)11-5-3-10(4-6-11)13-8-19-14(15(21)17-13)7-12(9-20)18-19;1-22-15(21)10-4-2-9(3-5-10)12-7-18-13(14(20)16-12)6-11(8-19)17-18;14-9-3-1-8(2-4-9)11-6-17-12(13(19)15-11)5-10(7-18)16-17;;;/h3-8,20,22H,9H2,1-2H3,(H,17,21);2-7,19H,8H2,1H3,(H,16,20);1-6,18H,7H2,(H,15,19);1H3;1H;/q;;;-1;;+2/p-1. The van der Waals surface area contributed by atoms with Gasteiger partial charge in [-0.2, -0.15) is 15.3 Å². The SMILES string of the molecule is CC(C)(O)c1ccc(-c2cn3nc(CO)cc3c(=O)[nH]2)cc1.COC(=O)c1ccc(-c2cn3nc(CO)cc3c(=O)[nH]2)cc1.O=c1[nH]c(-c2ccc(Br)cc2)cn2nc(CO)cc12.[CH3-].[Cl-].[Mg+2]. The molecule has 0 bridgehead atoms. The van der Waals surface area contributed by atoms with Gasteiger partial charge >= 0.3 is 29.0 Å². The van der Waals surface area contributed by atoms with Crippen LogP contribution in [0.4, 0.5) is 0 Å². The van der Waals surface area contributed by atoms with E-state index in [9.17, 15) is 24.3 Å². The number of nitrogens with zero attached hydrogens (tertiary/aromatic N) is 6. The van der Waals surface area contributed by atoms with Crippen molar-refractivity contribution in [3.8, 4) is 33.8 Å². The number of methoxy groups -OCH3 is 1. The fourth-order valence-corrected chi connectivity index (χ4v) is 6.69. The number of hydrogen-bond donors (Lipinski definition) is 7. The third-order valence-electron chi connectivity index (χ3n) is 9.72. The first-order chi connectivity index (χ1) is 30.2. The summed E-state index contributed by atoms with van der Waals surface area (Å²) in [6.45, 7) is 2.81. The van der Waals surface area contributed by atoms with Gasteiger partial charge in [0, 0.05) is 4.47 Å². The quantitative estimate of drug-likeness (QED) is 0.0648. The summed E-state index contributed by atoms with van der Waals surface area (Å²) in [5.41, 5.74) is 6.30. The Morgan fingerprint density at radius 3 is 1.24 bits per heavy atom. The number of H-pyrrole nitrogens is 3. The van der Waals surface area contributed by atoms with E-state index in [1.807, 2.05) is 48.5 Å². The molecular weight excluding hydrogens is 950 g/mol. The van der Waals surface area contributed by atoms with Gasteiger partial charge in [-0.1, -0.05) is 64.5 Å². The summed E-state index contributed by atoms with van der Waals surface area (Å²) in [5.74, 6) is -0.421. The Morgan fingerprint density at radius 1 is 0.621 bits per heavy atom. The Labute approximate surface area is 406 Å². The average Bonchev–Trinajstić information content (AvgIpc) is 4.04. The van der Waals surface area contributed by atoms with Gasteiger partial charge in [-0.25, -0.2) is 18.3 Å². The van der Waals surface area contributed by atoms with Crippen LogP contribution in [0, 0.1) is 7.43 Å². The number of esters is 1. The molecule has 18 nitrogen and oxygen atoms in total. The number of halogens is 2. The molecule has 3 aromatic carbocycles. The third-order valence-corrected chi connectivity index (χ3v) is 10.2. The van der Waals surface area contributed by atoms with Crippen molar-refractivity contribution in [2.75, 3.05) is 7.11 Å². The number of nitrogens with one attached hydrogen (secondary N) is 3. The van der Waals surface area contributed by atoms with Gasteiger partial charge in [0.05, 0.1) is 90.8 Å². The first kappa shape index (κ1) is 52.4. The summed E-state index contributed by atoms with van der Waals surface area (Å²) in [5, 5.41) is 49.6. The maximum absolute atomic E-state index is 12.1. The first-order valence-electron chi connectivity index (χ1n) is 19.1. The number of aliphatic hydroxyl groups is 4. The molecule has 6 aromatic heterocycles. The first-order valence-corrected chi connectivity index (χ1v) is 19.9. The van der Waals surface area contributed by atoms with Crippen LogP contribution in [-0.2, 0) is 30.2 Å². The van der Waals surface area contributed by atoms with E-state index in [1.54, 1.807) is 68.8 Å². The number of aromatic nitrogens is 9. The summed E-state index contributed by atoms with van der Waals surface area (Å²) >= 11 is 3.37. The molecule has 0 spiro atoms. The van der Waals surface area contributed by atoms with Crippen molar-refractivity contribution >= 4 is 61.5 Å². The van der Waals surface area contributed by atoms with E-state index in [0.29, 0.717) is 56.3 Å². The predicted octanol–water partition coefficient (Wildman–Crippen LogP) is 1.40. The molecule has 0 fully saturated rings. The third kappa shape index (κ3) is 11.8. The van der Waals surface area contributed by atoms with Crippen molar-refractivity contribution in [2.24, 2.45) is 0 Å². The van der Waals surface area contributed by atoms with Gasteiger partial charge in [-0.05, 0) is 78.6 Å². The second-order valence-electron chi connectivity index (χ2n) is 14.6. The van der Waals surface area contributed by atoms with E-state index in [1.165, 1.54) is 26.7 Å². The van der Waals surface area contributed by atoms with Crippen molar-refractivity contribution in [2.45, 2.75) is 39.3 Å². The Morgan fingerprint density at radius 2 is 0.939 bits per heavy atom. The maximum atomic E-state index is 12.1. The zero-order chi connectivity index (χ0) is 45.0. The minimum absolute atomic E-state index is 0. The summed E-state index contributed by atoms with van der Waals surface area (Å²) < 4.78 is 9.99.